The molecule has 0 aliphatic heterocycles. The van der Waals surface area contributed by atoms with E-state index < -0.39 is 5.97 Å². The van der Waals surface area contributed by atoms with E-state index in [-0.39, 0.29) is 11.3 Å². The average molecular weight is 154 g/mol. The molecule has 2 aliphatic carbocycles. The maximum absolute atomic E-state index is 10.7. The van der Waals surface area contributed by atoms with Gasteiger partial charge in [-0.3, -0.25) is 4.79 Å². The minimum atomic E-state index is -0.570. The van der Waals surface area contributed by atoms with E-state index in [0.717, 1.165) is 12.8 Å². The lowest BCUT2D eigenvalue weighted by atomic mass is 10.0. The molecule has 0 heterocycles. The van der Waals surface area contributed by atoms with Crippen LogP contribution in [0.4, 0.5) is 0 Å². The van der Waals surface area contributed by atoms with E-state index in [2.05, 4.69) is 6.92 Å². The van der Waals surface area contributed by atoms with Crippen molar-refractivity contribution in [1.29, 1.82) is 0 Å². The molecule has 2 heteroatoms. The summed E-state index contributed by atoms with van der Waals surface area (Å²) in [7, 11) is 0. The Morgan fingerprint density at radius 1 is 1.45 bits per heavy atom. The van der Waals surface area contributed by atoms with Crippen LogP contribution in [0.3, 0.4) is 0 Å². The van der Waals surface area contributed by atoms with E-state index in [1.165, 1.54) is 12.8 Å². The number of carboxylic acid groups (broad SMARTS) is 1. The Morgan fingerprint density at radius 3 is 2.36 bits per heavy atom. The molecule has 62 valence electrons. The molecule has 0 radical (unpaired) electrons. The zero-order valence-corrected chi connectivity index (χ0v) is 6.84. The summed E-state index contributed by atoms with van der Waals surface area (Å²) in [5.74, 6) is -0.133. The molecule has 0 amide bonds. The number of aliphatic carboxylic acids is 1. The first-order chi connectivity index (χ1) is 5.18. The lowest BCUT2D eigenvalue weighted by molar-refractivity contribution is -0.139. The normalized spacial score (nSPS) is 39.4. The van der Waals surface area contributed by atoms with Gasteiger partial charge in [0.15, 0.2) is 0 Å². The second kappa shape index (κ2) is 1.99. The Labute approximate surface area is 66.6 Å². The van der Waals surface area contributed by atoms with E-state index in [4.69, 9.17) is 5.11 Å². The quantitative estimate of drug-likeness (QED) is 0.626. The molecule has 0 bridgehead atoms. The number of carboxylic acids is 1. The molecule has 2 nitrogen and oxygen atoms in total. The molecule has 11 heavy (non-hydrogen) atoms. The highest BCUT2D eigenvalue weighted by Crippen LogP contribution is 2.67. The molecule has 0 aromatic heterocycles. The summed E-state index contributed by atoms with van der Waals surface area (Å²) >= 11 is 0. The largest absolute Gasteiger partial charge is 0.481 e. The van der Waals surface area contributed by atoms with Crippen LogP contribution in [0.1, 0.15) is 32.6 Å². The maximum Gasteiger partial charge on any atom is 0.307 e. The van der Waals surface area contributed by atoms with Crippen LogP contribution in [0, 0.1) is 17.3 Å². The van der Waals surface area contributed by atoms with E-state index in [0.29, 0.717) is 5.92 Å². The third-order valence-corrected chi connectivity index (χ3v) is 3.72. The van der Waals surface area contributed by atoms with Gasteiger partial charge in [0.1, 0.15) is 0 Å². The van der Waals surface area contributed by atoms with Crippen LogP contribution in [-0.2, 0) is 4.79 Å². The Bertz CT molecular complexity index is 192. The minimum absolute atomic E-state index is 0.00926. The fourth-order valence-electron chi connectivity index (χ4n) is 2.96. The topological polar surface area (TPSA) is 37.3 Å². The molecule has 0 aromatic carbocycles. The second-order valence-electron chi connectivity index (χ2n) is 4.04. The zero-order valence-electron chi connectivity index (χ0n) is 6.84. The van der Waals surface area contributed by atoms with Crippen molar-refractivity contribution in [3.63, 3.8) is 0 Å². The van der Waals surface area contributed by atoms with Crippen molar-refractivity contribution in [3.05, 3.63) is 0 Å². The highest BCUT2D eigenvalue weighted by Gasteiger charge is 2.65. The second-order valence-corrected chi connectivity index (χ2v) is 4.04. The van der Waals surface area contributed by atoms with Crippen molar-refractivity contribution in [3.8, 4) is 0 Å². The van der Waals surface area contributed by atoms with Crippen LogP contribution in [0.2, 0.25) is 0 Å². The SMILES string of the molecule is CC1C(C(=O)O)C12CCCC2. The highest BCUT2D eigenvalue weighted by atomic mass is 16.4. The molecule has 1 spiro atoms. The number of carbonyl (C=O) groups is 1. The Kier molecular flexibility index (Phi) is 1.29. The van der Waals surface area contributed by atoms with Gasteiger partial charge < -0.3 is 5.11 Å². The zero-order chi connectivity index (χ0) is 8.06. The molecule has 2 fully saturated rings. The third-order valence-electron chi connectivity index (χ3n) is 3.72. The van der Waals surface area contributed by atoms with Gasteiger partial charge in [0, 0.05) is 0 Å². The van der Waals surface area contributed by atoms with Crippen LogP contribution in [0.15, 0.2) is 0 Å². The summed E-state index contributed by atoms with van der Waals surface area (Å²) in [6, 6.07) is 0. The molecular weight excluding hydrogens is 140 g/mol. The lowest BCUT2D eigenvalue weighted by Crippen LogP contribution is -2.06. The molecule has 2 aliphatic rings. The highest BCUT2D eigenvalue weighted by molar-refractivity contribution is 5.75. The van der Waals surface area contributed by atoms with Crippen LogP contribution in [-0.4, -0.2) is 11.1 Å². The van der Waals surface area contributed by atoms with Gasteiger partial charge >= 0.3 is 5.97 Å². The predicted octanol–water partition coefficient (Wildman–Crippen LogP) is 1.90. The van der Waals surface area contributed by atoms with Gasteiger partial charge in [-0.25, -0.2) is 0 Å². The van der Waals surface area contributed by atoms with Crippen molar-refractivity contribution >= 4 is 5.97 Å². The summed E-state index contributed by atoms with van der Waals surface area (Å²) < 4.78 is 0. The first kappa shape index (κ1) is 7.14. The van der Waals surface area contributed by atoms with E-state index in [9.17, 15) is 4.79 Å². The standard InChI is InChI=1S/C9H14O2/c1-6-7(8(10)11)9(6)4-2-3-5-9/h6-7H,2-5H2,1H3,(H,10,11). The summed E-state index contributed by atoms with van der Waals surface area (Å²) in [5.41, 5.74) is 0.242. The van der Waals surface area contributed by atoms with Crippen LogP contribution in [0.5, 0.6) is 0 Å². The van der Waals surface area contributed by atoms with Crippen LogP contribution in [0.25, 0.3) is 0 Å². The summed E-state index contributed by atoms with van der Waals surface area (Å²) in [6.07, 6.45) is 4.80. The predicted molar refractivity (Wildman–Crippen MR) is 41.2 cm³/mol. The average Bonchev–Trinajstić information content (AvgIpc) is 2.38. The van der Waals surface area contributed by atoms with Crippen LogP contribution >= 0.6 is 0 Å². The maximum atomic E-state index is 10.7. The van der Waals surface area contributed by atoms with Crippen molar-refractivity contribution in [1.82, 2.24) is 0 Å². The monoisotopic (exact) mass is 154 g/mol. The molecule has 1 N–H and O–H groups in total. The first-order valence-electron chi connectivity index (χ1n) is 4.41. The molecule has 2 rings (SSSR count). The van der Waals surface area contributed by atoms with Crippen LogP contribution < -0.4 is 0 Å². The van der Waals surface area contributed by atoms with Crippen molar-refractivity contribution in [2.75, 3.05) is 0 Å². The summed E-state index contributed by atoms with van der Waals surface area (Å²) in [4.78, 5) is 10.7. The van der Waals surface area contributed by atoms with Crippen molar-refractivity contribution in [2.45, 2.75) is 32.6 Å². The fraction of sp³-hybridized carbons (Fsp3) is 0.889. The summed E-state index contributed by atoms with van der Waals surface area (Å²) in [5, 5.41) is 8.85. The van der Waals surface area contributed by atoms with Crippen molar-refractivity contribution in [2.24, 2.45) is 17.3 Å². The Hall–Kier alpha value is -0.530. The van der Waals surface area contributed by atoms with E-state index in [1.807, 2.05) is 0 Å². The van der Waals surface area contributed by atoms with Gasteiger partial charge in [0.2, 0.25) is 0 Å². The molecule has 0 aromatic rings. The Morgan fingerprint density at radius 2 is 2.00 bits per heavy atom. The minimum Gasteiger partial charge on any atom is -0.481 e. The molecule has 2 atom stereocenters. The molecule has 2 saturated carbocycles. The van der Waals surface area contributed by atoms with E-state index >= 15 is 0 Å². The Balaban J connectivity index is 2.13. The van der Waals surface area contributed by atoms with Gasteiger partial charge in [-0.15, -0.1) is 0 Å². The molecule has 2 unspecified atom stereocenters. The summed E-state index contributed by atoms with van der Waals surface area (Å²) in [6.45, 7) is 2.09. The smallest absolute Gasteiger partial charge is 0.307 e. The number of rotatable bonds is 1. The van der Waals surface area contributed by atoms with Crippen molar-refractivity contribution < 1.29 is 9.90 Å². The first-order valence-corrected chi connectivity index (χ1v) is 4.41. The van der Waals surface area contributed by atoms with Gasteiger partial charge in [0.05, 0.1) is 5.92 Å². The lowest BCUT2D eigenvalue weighted by Gasteiger charge is -2.04. The third kappa shape index (κ3) is 0.754. The van der Waals surface area contributed by atoms with Gasteiger partial charge in [0.25, 0.3) is 0 Å². The number of hydrogen-bond acceptors (Lipinski definition) is 1. The fourth-order valence-corrected chi connectivity index (χ4v) is 2.96. The van der Waals surface area contributed by atoms with Gasteiger partial charge in [-0.2, -0.15) is 0 Å². The van der Waals surface area contributed by atoms with E-state index in [1.54, 1.807) is 0 Å². The molecular formula is C9H14O2. The number of hydrogen-bond donors (Lipinski definition) is 1. The molecule has 0 saturated heterocycles. The van der Waals surface area contributed by atoms with Gasteiger partial charge in [-0.05, 0) is 24.2 Å². The van der Waals surface area contributed by atoms with Gasteiger partial charge in [-0.1, -0.05) is 19.8 Å².